The van der Waals surface area contributed by atoms with E-state index in [0.717, 1.165) is 0 Å². The number of aldehydes is 1. The standard InChI is InChI=1S/C9H9NO4/c11-5-4-7-2-1-3-9(10(13)14)8(7)6-12/h1-3,6,11H,4-5H2. The van der Waals surface area contributed by atoms with Crippen LogP contribution in [-0.4, -0.2) is 22.9 Å². The van der Waals surface area contributed by atoms with Crippen LogP contribution in [0, 0.1) is 10.1 Å². The molecule has 0 aliphatic rings. The van der Waals surface area contributed by atoms with Crippen molar-refractivity contribution in [3.63, 3.8) is 0 Å². The summed E-state index contributed by atoms with van der Waals surface area (Å²) >= 11 is 0. The van der Waals surface area contributed by atoms with Crippen molar-refractivity contribution in [3.05, 3.63) is 39.4 Å². The molecule has 0 aliphatic heterocycles. The van der Waals surface area contributed by atoms with Gasteiger partial charge in [0.1, 0.15) is 0 Å². The highest BCUT2D eigenvalue weighted by Gasteiger charge is 2.15. The van der Waals surface area contributed by atoms with Crippen molar-refractivity contribution in [1.82, 2.24) is 0 Å². The lowest BCUT2D eigenvalue weighted by atomic mass is 10.0. The zero-order valence-electron chi connectivity index (χ0n) is 7.34. The van der Waals surface area contributed by atoms with Gasteiger partial charge in [-0.05, 0) is 12.0 Å². The predicted octanol–water partition coefficient (Wildman–Crippen LogP) is 0.942. The lowest BCUT2D eigenvalue weighted by Crippen LogP contribution is -2.01. The summed E-state index contributed by atoms with van der Waals surface area (Å²) in [6, 6.07) is 4.35. The number of nitro benzene ring substituents is 1. The maximum atomic E-state index is 10.6. The van der Waals surface area contributed by atoms with E-state index in [-0.39, 0.29) is 24.3 Å². The van der Waals surface area contributed by atoms with E-state index in [1.165, 1.54) is 12.1 Å². The molecule has 0 heterocycles. The van der Waals surface area contributed by atoms with E-state index in [4.69, 9.17) is 5.11 Å². The lowest BCUT2D eigenvalue weighted by Gasteiger charge is -2.02. The van der Waals surface area contributed by atoms with Crippen LogP contribution in [0.4, 0.5) is 5.69 Å². The number of rotatable bonds is 4. The summed E-state index contributed by atoms with van der Waals surface area (Å²) in [6.07, 6.45) is 0.693. The van der Waals surface area contributed by atoms with E-state index in [2.05, 4.69) is 0 Å². The number of aliphatic hydroxyl groups excluding tert-OH is 1. The van der Waals surface area contributed by atoms with Crippen molar-refractivity contribution >= 4 is 12.0 Å². The van der Waals surface area contributed by atoms with Crippen LogP contribution >= 0.6 is 0 Å². The van der Waals surface area contributed by atoms with Crippen molar-refractivity contribution in [2.75, 3.05) is 6.61 Å². The quantitative estimate of drug-likeness (QED) is 0.440. The van der Waals surface area contributed by atoms with Gasteiger partial charge in [0.05, 0.1) is 10.5 Å². The minimum Gasteiger partial charge on any atom is -0.396 e. The normalized spacial score (nSPS) is 9.79. The van der Waals surface area contributed by atoms with E-state index in [9.17, 15) is 14.9 Å². The summed E-state index contributed by atoms with van der Waals surface area (Å²) < 4.78 is 0. The van der Waals surface area contributed by atoms with Crippen LogP contribution < -0.4 is 0 Å². The van der Waals surface area contributed by atoms with Crippen molar-refractivity contribution < 1.29 is 14.8 Å². The van der Waals surface area contributed by atoms with Crippen LogP contribution in [0.2, 0.25) is 0 Å². The molecule has 5 heteroatoms. The molecule has 5 nitrogen and oxygen atoms in total. The second-order valence-corrected chi connectivity index (χ2v) is 2.70. The minimum absolute atomic E-state index is 0.0477. The summed E-state index contributed by atoms with van der Waals surface area (Å²) in [5.74, 6) is 0. The number of benzene rings is 1. The first-order valence-corrected chi connectivity index (χ1v) is 4.03. The second-order valence-electron chi connectivity index (χ2n) is 2.70. The molecule has 0 unspecified atom stereocenters. The molecule has 0 radical (unpaired) electrons. The Hall–Kier alpha value is -1.75. The molecule has 0 bridgehead atoms. The number of hydrogen-bond donors (Lipinski definition) is 1. The summed E-state index contributed by atoms with van der Waals surface area (Å²) in [5, 5.41) is 19.2. The summed E-state index contributed by atoms with van der Waals surface area (Å²) in [5.41, 5.74) is 0.328. The van der Waals surface area contributed by atoms with Gasteiger partial charge in [0.25, 0.3) is 5.69 Å². The van der Waals surface area contributed by atoms with Gasteiger partial charge in [0, 0.05) is 12.7 Å². The molecule has 0 saturated heterocycles. The Kier molecular flexibility index (Phi) is 3.30. The van der Waals surface area contributed by atoms with E-state index >= 15 is 0 Å². The van der Waals surface area contributed by atoms with Gasteiger partial charge < -0.3 is 5.11 Å². The first-order valence-electron chi connectivity index (χ1n) is 4.03. The fraction of sp³-hybridized carbons (Fsp3) is 0.222. The Balaban J connectivity index is 3.24. The third kappa shape index (κ3) is 1.94. The third-order valence-electron chi connectivity index (χ3n) is 1.87. The molecule has 0 aromatic heterocycles. The highest BCUT2D eigenvalue weighted by Crippen LogP contribution is 2.20. The van der Waals surface area contributed by atoms with Gasteiger partial charge in [-0.3, -0.25) is 14.9 Å². The van der Waals surface area contributed by atoms with Crippen LogP contribution in [0.3, 0.4) is 0 Å². The average molecular weight is 195 g/mol. The molecule has 1 N–H and O–H groups in total. The maximum Gasteiger partial charge on any atom is 0.280 e. The summed E-state index contributed by atoms with van der Waals surface area (Å²) in [6.45, 7) is -0.137. The van der Waals surface area contributed by atoms with Gasteiger partial charge in [-0.25, -0.2) is 0 Å². The van der Waals surface area contributed by atoms with Crippen molar-refractivity contribution in [3.8, 4) is 0 Å². The number of carbonyl (C=O) groups excluding carboxylic acids is 1. The maximum absolute atomic E-state index is 10.6. The molecule has 14 heavy (non-hydrogen) atoms. The third-order valence-corrected chi connectivity index (χ3v) is 1.87. The largest absolute Gasteiger partial charge is 0.396 e. The molecule has 0 saturated carbocycles. The highest BCUT2D eigenvalue weighted by molar-refractivity contribution is 5.83. The zero-order chi connectivity index (χ0) is 10.6. The monoisotopic (exact) mass is 195 g/mol. The van der Waals surface area contributed by atoms with Crippen LogP contribution in [0.25, 0.3) is 0 Å². The molecular formula is C9H9NO4. The molecule has 0 amide bonds. The van der Waals surface area contributed by atoms with Crippen molar-refractivity contribution in [2.24, 2.45) is 0 Å². The number of aliphatic hydroxyl groups is 1. The number of nitro groups is 1. The van der Waals surface area contributed by atoms with E-state index < -0.39 is 4.92 Å². The van der Waals surface area contributed by atoms with Gasteiger partial charge in [0.15, 0.2) is 6.29 Å². The molecule has 1 aromatic carbocycles. The number of carbonyl (C=O) groups is 1. The Morgan fingerprint density at radius 3 is 2.71 bits per heavy atom. The Morgan fingerprint density at radius 1 is 1.50 bits per heavy atom. The van der Waals surface area contributed by atoms with Crippen molar-refractivity contribution in [1.29, 1.82) is 0 Å². The van der Waals surface area contributed by atoms with E-state index in [1.54, 1.807) is 6.07 Å². The molecule has 1 rings (SSSR count). The number of nitrogens with zero attached hydrogens (tertiary/aromatic N) is 1. The van der Waals surface area contributed by atoms with Crippen molar-refractivity contribution in [2.45, 2.75) is 6.42 Å². The molecule has 0 fully saturated rings. The molecule has 0 spiro atoms. The smallest absolute Gasteiger partial charge is 0.280 e. The zero-order valence-corrected chi connectivity index (χ0v) is 7.34. The minimum atomic E-state index is -0.607. The second kappa shape index (κ2) is 4.48. The van der Waals surface area contributed by atoms with Gasteiger partial charge in [-0.1, -0.05) is 12.1 Å². The Morgan fingerprint density at radius 2 is 2.21 bits per heavy atom. The van der Waals surface area contributed by atoms with Gasteiger partial charge in [0.2, 0.25) is 0 Å². The molecule has 1 aromatic rings. The average Bonchev–Trinajstić information content (AvgIpc) is 2.18. The van der Waals surface area contributed by atoms with Crippen LogP contribution in [0.1, 0.15) is 15.9 Å². The van der Waals surface area contributed by atoms with Gasteiger partial charge in [-0.15, -0.1) is 0 Å². The first kappa shape index (κ1) is 10.3. The summed E-state index contributed by atoms with van der Waals surface area (Å²) in [4.78, 5) is 20.6. The molecule has 0 atom stereocenters. The van der Waals surface area contributed by atoms with Crippen LogP contribution in [-0.2, 0) is 6.42 Å². The fourth-order valence-electron chi connectivity index (χ4n) is 1.23. The highest BCUT2D eigenvalue weighted by atomic mass is 16.6. The van der Waals surface area contributed by atoms with Crippen LogP contribution in [0.5, 0.6) is 0 Å². The summed E-state index contributed by atoms with van der Waals surface area (Å²) in [7, 11) is 0. The van der Waals surface area contributed by atoms with Crippen LogP contribution in [0.15, 0.2) is 18.2 Å². The van der Waals surface area contributed by atoms with Gasteiger partial charge >= 0.3 is 0 Å². The fourth-order valence-corrected chi connectivity index (χ4v) is 1.23. The SMILES string of the molecule is O=Cc1c(CCO)cccc1[N+](=O)[O-]. The predicted molar refractivity (Wildman–Crippen MR) is 49.3 cm³/mol. The van der Waals surface area contributed by atoms with Gasteiger partial charge in [-0.2, -0.15) is 0 Å². The first-order chi connectivity index (χ1) is 6.70. The van der Waals surface area contributed by atoms with E-state index in [1.807, 2.05) is 0 Å². The Bertz CT molecular complexity index is 362. The number of hydrogen-bond acceptors (Lipinski definition) is 4. The lowest BCUT2D eigenvalue weighted by molar-refractivity contribution is -0.385. The molecule has 74 valence electrons. The molecule has 0 aliphatic carbocycles. The Labute approximate surface area is 80.1 Å². The topological polar surface area (TPSA) is 80.4 Å². The van der Waals surface area contributed by atoms with E-state index in [0.29, 0.717) is 11.8 Å². The molecular weight excluding hydrogens is 186 g/mol.